The van der Waals surface area contributed by atoms with Gasteiger partial charge in [0.15, 0.2) is 0 Å². The van der Waals surface area contributed by atoms with Crippen LogP contribution in [0.1, 0.15) is 341 Å². The Balaban J connectivity index is -0.00000135. The summed E-state index contributed by atoms with van der Waals surface area (Å²) in [7, 11) is 0. The molecule has 2 unspecified atom stereocenters. The van der Waals surface area contributed by atoms with Crippen LogP contribution in [0.5, 0.6) is 0 Å². The zero-order valence-corrected chi connectivity index (χ0v) is 88.2. The van der Waals surface area contributed by atoms with Gasteiger partial charge in [0.05, 0.1) is 137 Å². The maximum absolute atomic E-state index is 11.3. The molecule has 7 fully saturated rings. The highest BCUT2D eigenvalue weighted by molar-refractivity contribution is 5.69. The van der Waals surface area contributed by atoms with Crippen LogP contribution < -0.4 is 0 Å². The van der Waals surface area contributed by atoms with E-state index in [9.17, 15) is 20.1 Å². The molecule has 7 rings (SSSR count). The second kappa shape index (κ2) is 86.2. The van der Waals surface area contributed by atoms with Gasteiger partial charge in [0.1, 0.15) is 0 Å². The van der Waals surface area contributed by atoms with Crippen LogP contribution in [0.15, 0.2) is 0 Å². The van der Waals surface area contributed by atoms with Gasteiger partial charge in [0, 0.05) is 104 Å². The number of rotatable bonds is 47. The smallest absolute Gasteiger partial charge is 0.306 e. The summed E-state index contributed by atoms with van der Waals surface area (Å²) in [6.45, 7) is 87.6. The van der Waals surface area contributed by atoms with Crippen LogP contribution in [0.25, 0.3) is 0 Å². The van der Waals surface area contributed by atoms with E-state index in [4.69, 9.17) is 62.7 Å². The number of unbranched alkanes of at least 4 members (excludes halogenated alkanes) is 1. The molecule has 766 valence electrons. The number of aliphatic hydroxyl groups excluding tert-OH is 5. The highest BCUT2D eigenvalue weighted by Gasteiger charge is 2.31. The van der Waals surface area contributed by atoms with Crippen molar-refractivity contribution in [3.8, 4) is 0 Å². The van der Waals surface area contributed by atoms with Crippen molar-refractivity contribution in [3.63, 3.8) is 0 Å². The molecule has 127 heavy (non-hydrogen) atoms. The van der Waals surface area contributed by atoms with Crippen molar-refractivity contribution in [3.05, 3.63) is 0 Å². The monoisotopic (exact) mass is 1830 g/mol. The highest BCUT2D eigenvalue weighted by Crippen LogP contribution is 2.28. The highest BCUT2D eigenvalue weighted by atomic mass is 16.5. The average Bonchev–Trinajstić information content (AvgIpc) is 0.855. The molecule has 0 aromatic heterocycles. The fourth-order valence-corrected chi connectivity index (χ4v) is 14.6. The fourth-order valence-electron chi connectivity index (χ4n) is 14.6. The molecule has 0 radical (unpaired) electrons. The van der Waals surface area contributed by atoms with Gasteiger partial charge in [-0.2, -0.15) is 0 Å². The summed E-state index contributed by atoms with van der Waals surface area (Å²) in [4.78, 5) is 30.9. The van der Waals surface area contributed by atoms with Crippen LogP contribution in [-0.2, 0) is 52.2 Å². The number of aliphatic hydroxyl groups is 6. The lowest BCUT2D eigenvalue weighted by Gasteiger charge is -2.37. The van der Waals surface area contributed by atoms with E-state index in [0.717, 1.165) is 195 Å². The molecule has 0 spiro atoms. The van der Waals surface area contributed by atoms with E-state index in [1.165, 1.54) is 143 Å². The molecule has 0 bridgehead atoms. The molecule has 25 nitrogen and oxygen atoms in total. The topological polar surface area (TPSA) is 257 Å². The van der Waals surface area contributed by atoms with Crippen molar-refractivity contribution in [1.29, 1.82) is 0 Å². The number of hydrogen-bond donors (Lipinski definition) is 6. The van der Waals surface area contributed by atoms with Crippen LogP contribution in [-0.4, -0.2) is 389 Å². The third kappa shape index (κ3) is 90.8. The molecular weight excluding hydrogens is 1610 g/mol. The summed E-state index contributed by atoms with van der Waals surface area (Å²) in [5, 5.41) is 55.8. The number of likely N-dealkylation sites (tertiary alicyclic amines) is 6. The Morgan fingerprint density at radius 1 is 0.307 bits per heavy atom. The quantitative estimate of drug-likeness (QED) is 0.0244. The van der Waals surface area contributed by atoms with Crippen LogP contribution in [0, 0.1) is 5.92 Å². The number of hydrogen-bond acceptors (Lipinski definition) is 25. The Morgan fingerprint density at radius 3 is 0.874 bits per heavy atom. The van der Waals surface area contributed by atoms with Gasteiger partial charge in [0.2, 0.25) is 0 Å². The molecule has 6 N–H and O–H groups in total. The van der Waals surface area contributed by atoms with Crippen LogP contribution in [0.2, 0.25) is 0 Å². The molecule has 0 amide bonds. The molecule has 0 aliphatic carbocycles. The third-order valence-corrected chi connectivity index (χ3v) is 22.6. The Labute approximate surface area is 784 Å². The summed E-state index contributed by atoms with van der Waals surface area (Å²) in [6, 6.07) is 0.694. The Kier molecular flexibility index (Phi) is 88.0. The number of β-amino-alcohol motifs (C(OH)–C–C–N with tert-alkyl or cyclic N) is 2. The number of nitrogens with zero attached hydrogens (tertiary/aromatic N) is 8. The minimum Gasteiger partial charge on any atom is -0.463 e. The van der Waals surface area contributed by atoms with Gasteiger partial charge in [0.25, 0.3) is 0 Å². The molecule has 0 aromatic rings. The predicted octanol–water partition coefficient (Wildman–Crippen LogP) is 16.2. The first kappa shape index (κ1) is 130. The minimum atomic E-state index is -0.513. The first-order valence-corrected chi connectivity index (χ1v) is 51.8. The lowest BCUT2D eigenvalue weighted by atomic mass is 9.83. The molecule has 0 aromatic carbocycles. The zero-order valence-electron chi connectivity index (χ0n) is 88.2. The molecular formula is C102H216N8O17. The minimum absolute atomic E-state index is 0.0208. The Hall–Kier alpha value is -1.45. The Bertz CT molecular complexity index is 2190. The van der Waals surface area contributed by atoms with Gasteiger partial charge in [-0.15, -0.1) is 0 Å². The van der Waals surface area contributed by atoms with E-state index >= 15 is 0 Å². The lowest BCUT2D eigenvalue weighted by molar-refractivity contribution is -0.147. The fraction of sp³-hybridized carbons (Fsp3) is 0.990. The zero-order chi connectivity index (χ0) is 96.2. The molecule has 25 heteroatoms. The van der Waals surface area contributed by atoms with E-state index in [-0.39, 0.29) is 60.9 Å². The second-order valence-electron chi connectivity index (χ2n) is 39.5. The predicted molar refractivity (Wildman–Crippen MR) is 530 cm³/mol. The van der Waals surface area contributed by atoms with Gasteiger partial charge in [-0.05, 0) is 379 Å². The molecule has 7 saturated heterocycles. The Morgan fingerprint density at radius 2 is 0.583 bits per heavy atom. The van der Waals surface area contributed by atoms with E-state index < -0.39 is 5.60 Å². The summed E-state index contributed by atoms with van der Waals surface area (Å²) in [5.74, 6) is 0.400. The van der Waals surface area contributed by atoms with E-state index in [2.05, 4.69) is 136 Å². The van der Waals surface area contributed by atoms with Gasteiger partial charge in [-0.25, -0.2) is 0 Å². The largest absolute Gasteiger partial charge is 0.463 e. The standard InChI is InChI=1S/C13H27NO2.C12H26N2O.C12H23NO2.C12H25NO.2C11H23NO2.C10H21NO.3C7H16O2/c1-11(2)16-10-9-14-7-5-12(6-8-14)13(3,4)15;1-11(2)14-7-5-13(6-8-14)9-10-15-12(3)4;1-11(2)15-12(14)7-6-10-13-8-4-3-5-9-13;1-12(2)14-11-7-6-10-13-8-4-3-5-9-13;2*1-10(2)14-8-4-7-12-6-3-5-11(13)9-12;1-10(2)12-9-8-11-6-4-3-5-7-11;3*1-4-7(8)5-9-6(2)3/h11-12,15H,5-10H2,1-4H3;11-12H,5-10H2,1-4H3;11H,3-10H2,1-2H3;12H,3-11H2,1-2H3;2*10-11,13H,3-9H2,1-2H3;10H,3-9H2,1-2H3;3*6-8H,4-5H2,1-3H3/t;;;;11-;;;2*7-;/m....0..10./s1. The van der Waals surface area contributed by atoms with Gasteiger partial charge in [-0.3, -0.25) is 14.6 Å². The summed E-state index contributed by atoms with van der Waals surface area (Å²) in [5.41, 5.74) is -0.513. The number of piperazine rings is 1. The number of ether oxygens (including phenoxy) is 10. The first-order valence-electron chi connectivity index (χ1n) is 51.8. The maximum Gasteiger partial charge on any atom is 0.306 e. The van der Waals surface area contributed by atoms with Crippen molar-refractivity contribution in [2.75, 3.05) is 210 Å². The van der Waals surface area contributed by atoms with Crippen molar-refractivity contribution in [2.24, 2.45) is 5.92 Å². The van der Waals surface area contributed by atoms with Crippen molar-refractivity contribution < 1.29 is 82.8 Å². The maximum atomic E-state index is 11.3. The molecule has 5 atom stereocenters. The average molecular weight is 1830 g/mol. The number of carbonyl (C=O) groups is 1. The van der Waals surface area contributed by atoms with Crippen molar-refractivity contribution in [2.45, 2.75) is 444 Å². The number of piperidine rings is 6. The van der Waals surface area contributed by atoms with E-state index in [1.54, 1.807) is 0 Å². The molecule has 7 heterocycles. The number of esters is 1. The van der Waals surface area contributed by atoms with E-state index in [0.29, 0.717) is 74.8 Å². The molecule has 7 aliphatic heterocycles. The SMILES string of the molecule is CC(C)OC(=O)CCCN1CCCCC1.CC(C)OCCCCN1CCCCC1.CC(C)OCCCN1CCCC(O)C1.CC(C)OCCCN1CCC[C@H](O)C1.CC(C)OCCN1CCC(C(C)(C)O)CC1.CC(C)OCCN1CCCCC1.CC(C)OCCN1CCN(C(C)C)CC1.CCC(O)COC(C)C.CC[C@@H](O)COC(C)C.CC[C@H](O)COC(C)C. The lowest BCUT2D eigenvalue weighted by Crippen LogP contribution is -2.49. The van der Waals surface area contributed by atoms with Gasteiger partial charge < -0.3 is 107 Å². The number of carbonyl (C=O) groups excluding carboxylic acids is 1. The molecule has 7 aliphatic rings. The van der Waals surface area contributed by atoms with Crippen LogP contribution in [0.4, 0.5) is 0 Å². The third-order valence-electron chi connectivity index (χ3n) is 22.6. The van der Waals surface area contributed by atoms with E-state index in [1.807, 2.05) is 90.0 Å². The van der Waals surface area contributed by atoms with Crippen molar-refractivity contribution in [1.82, 2.24) is 39.2 Å². The summed E-state index contributed by atoms with van der Waals surface area (Å²) in [6.07, 6.45) is 29.1. The normalized spacial score (nSPS) is 19.6. The second-order valence-corrected chi connectivity index (χ2v) is 39.5. The van der Waals surface area contributed by atoms with Crippen molar-refractivity contribution >= 4 is 5.97 Å². The first-order chi connectivity index (χ1) is 60.1. The van der Waals surface area contributed by atoms with Gasteiger partial charge in [-0.1, -0.05) is 40.0 Å². The summed E-state index contributed by atoms with van der Waals surface area (Å²) < 4.78 is 53.6. The summed E-state index contributed by atoms with van der Waals surface area (Å²) >= 11 is 0. The van der Waals surface area contributed by atoms with Gasteiger partial charge >= 0.3 is 5.97 Å². The van der Waals surface area contributed by atoms with Crippen LogP contribution >= 0.6 is 0 Å². The molecule has 0 saturated carbocycles. The van der Waals surface area contributed by atoms with Crippen LogP contribution in [0.3, 0.4) is 0 Å².